The first-order chi connectivity index (χ1) is 10.3. The summed E-state index contributed by atoms with van der Waals surface area (Å²) in [4.78, 5) is 20.5. The van der Waals surface area contributed by atoms with Gasteiger partial charge in [0.2, 0.25) is 0 Å². The van der Waals surface area contributed by atoms with E-state index in [1.54, 1.807) is 29.7 Å². The van der Waals surface area contributed by atoms with Crippen molar-refractivity contribution in [1.29, 1.82) is 0 Å². The summed E-state index contributed by atoms with van der Waals surface area (Å²) in [6, 6.07) is 7.32. The molecule has 4 nitrogen and oxygen atoms in total. The van der Waals surface area contributed by atoms with Crippen LogP contribution >= 0.6 is 34.3 Å². The molecule has 0 saturated heterocycles. The lowest BCUT2D eigenvalue weighted by Crippen LogP contribution is -2.11. The van der Waals surface area contributed by atoms with Crippen molar-refractivity contribution in [2.75, 3.05) is 5.32 Å². The van der Waals surface area contributed by atoms with Gasteiger partial charge in [0.05, 0.1) is 11.6 Å². The highest BCUT2D eigenvalue weighted by atomic mass is 35.5. The van der Waals surface area contributed by atoms with Crippen molar-refractivity contribution < 1.29 is 4.79 Å². The number of hydrogen-bond acceptors (Lipinski definition) is 5. The molecule has 7 heteroatoms. The smallest absolute Gasteiger partial charge is 0.257 e. The van der Waals surface area contributed by atoms with Crippen LogP contribution < -0.4 is 5.32 Å². The Hall–Kier alpha value is -1.76. The highest BCUT2D eigenvalue weighted by molar-refractivity contribution is 7.13. The SMILES string of the molecule is O=C(Nc1nccs1)c1ccc(-c2nc(CCl)cs2)cc1. The number of carbonyl (C=O) groups excluding carboxylic acids is 1. The van der Waals surface area contributed by atoms with Gasteiger partial charge in [-0.1, -0.05) is 12.1 Å². The maximum Gasteiger partial charge on any atom is 0.257 e. The number of hydrogen-bond donors (Lipinski definition) is 1. The molecular weight excluding hydrogens is 326 g/mol. The van der Waals surface area contributed by atoms with Crippen LogP contribution in [0.25, 0.3) is 10.6 Å². The van der Waals surface area contributed by atoms with Crippen LogP contribution in [-0.4, -0.2) is 15.9 Å². The van der Waals surface area contributed by atoms with E-state index < -0.39 is 0 Å². The lowest BCUT2D eigenvalue weighted by molar-refractivity contribution is 0.102. The Kier molecular flexibility index (Phi) is 4.28. The molecule has 1 aromatic carbocycles. The molecule has 0 unspecified atom stereocenters. The van der Waals surface area contributed by atoms with Crippen molar-refractivity contribution >= 4 is 45.3 Å². The second-order valence-electron chi connectivity index (χ2n) is 4.15. The number of thiazole rings is 2. The van der Waals surface area contributed by atoms with E-state index in [4.69, 9.17) is 11.6 Å². The molecule has 0 spiro atoms. The molecule has 0 atom stereocenters. The summed E-state index contributed by atoms with van der Waals surface area (Å²) >= 11 is 8.68. The van der Waals surface area contributed by atoms with Crippen molar-refractivity contribution in [1.82, 2.24) is 9.97 Å². The molecule has 0 aliphatic carbocycles. The van der Waals surface area contributed by atoms with Crippen LogP contribution in [-0.2, 0) is 5.88 Å². The van der Waals surface area contributed by atoms with Gasteiger partial charge < -0.3 is 0 Å². The lowest BCUT2D eigenvalue weighted by Gasteiger charge is -2.02. The molecule has 0 radical (unpaired) electrons. The zero-order valence-electron chi connectivity index (χ0n) is 10.7. The Morgan fingerprint density at radius 1 is 1.24 bits per heavy atom. The fraction of sp³-hybridized carbons (Fsp3) is 0.0714. The zero-order valence-corrected chi connectivity index (χ0v) is 13.1. The fourth-order valence-electron chi connectivity index (χ4n) is 1.72. The van der Waals surface area contributed by atoms with Crippen LogP contribution in [0.5, 0.6) is 0 Å². The highest BCUT2D eigenvalue weighted by Crippen LogP contribution is 2.25. The van der Waals surface area contributed by atoms with Crippen molar-refractivity contribution in [3.8, 4) is 10.6 Å². The first-order valence-electron chi connectivity index (χ1n) is 6.08. The third-order valence-electron chi connectivity index (χ3n) is 2.74. The van der Waals surface area contributed by atoms with Crippen molar-refractivity contribution in [3.63, 3.8) is 0 Å². The number of aromatic nitrogens is 2. The van der Waals surface area contributed by atoms with Gasteiger partial charge in [-0.15, -0.1) is 34.3 Å². The molecule has 2 aromatic heterocycles. The highest BCUT2D eigenvalue weighted by Gasteiger charge is 2.09. The summed E-state index contributed by atoms with van der Waals surface area (Å²) in [5.41, 5.74) is 2.42. The van der Waals surface area contributed by atoms with Gasteiger partial charge in [-0.25, -0.2) is 9.97 Å². The molecular formula is C14H10ClN3OS2. The molecule has 0 aliphatic heterocycles. The van der Waals surface area contributed by atoms with Gasteiger partial charge in [-0.05, 0) is 12.1 Å². The molecule has 106 valence electrons. The number of amides is 1. The largest absolute Gasteiger partial charge is 0.298 e. The van der Waals surface area contributed by atoms with Gasteiger partial charge in [0.1, 0.15) is 5.01 Å². The van der Waals surface area contributed by atoms with Gasteiger partial charge >= 0.3 is 0 Å². The summed E-state index contributed by atoms with van der Waals surface area (Å²) < 4.78 is 0. The molecule has 0 fully saturated rings. The van der Waals surface area contributed by atoms with E-state index in [1.807, 2.05) is 22.9 Å². The van der Waals surface area contributed by atoms with Gasteiger partial charge in [-0.3, -0.25) is 10.1 Å². The molecule has 21 heavy (non-hydrogen) atoms. The van der Waals surface area contributed by atoms with Gasteiger partial charge in [0.15, 0.2) is 5.13 Å². The maximum atomic E-state index is 12.0. The predicted molar refractivity (Wildman–Crippen MR) is 87.2 cm³/mol. The second-order valence-corrected chi connectivity index (χ2v) is 6.17. The number of benzene rings is 1. The number of nitrogens with zero attached hydrogens (tertiary/aromatic N) is 2. The van der Waals surface area contributed by atoms with E-state index in [1.165, 1.54) is 11.3 Å². The third kappa shape index (κ3) is 3.29. The summed E-state index contributed by atoms with van der Waals surface area (Å²) in [7, 11) is 0. The first-order valence-corrected chi connectivity index (χ1v) is 8.37. The summed E-state index contributed by atoms with van der Waals surface area (Å²) in [6.07, 6.45) is 1.65. The Morgan fingerprint density at radius 2 is 2.05 bits per heavy atom. The van der Waals surface area contributed by atoms with E-state index in [9.17, 15) is 4.79 Å². The molecule has 1 N–H and O–H groups in total. The Labute approximate surface area is 134 Å². The minimum atomic E-state index is -0.169. The van der Waals surface area contributed by atoms with E-state index in [0.717, 1.165) is 16.3 Å². The summed E-state index contributed by atoms with van der Waals surface area (Å²) in [5.74, 6) is 0.238. The molecule has 0 aliphatic rings. The van der Waals surface area contributed by atoms with Crippen LogP contribution in [0.3, 0.4) is 0 Å². The van der Waals surface area contributed by atoms with Crippen LogP contribution in [0.4, 0.5) is 5.13 Å². The van der Waals surface area contributed by atoms with E-state index in [0.29, 0.717) is 16.6 Å². The Bertz CT molecular complexity index is 738. The Balaban J connectivity index is 1.75. The monoisotopic (exact) mass is 335 g/mol. The van der Waals surface area contributed by atoms with Crippen molar-refractivity contribution in [2.24, 2.45) is 0 Å². The average molecular weight is 336 g/mol. The minimum Gasteiger partial charge on any atom is -0.298 e. The third-order valence-corrected chi connectivity index (χ3v) is 4.64. The van der Waals surface area contributed by atoms with Gasteiger partial charge in [0.25, 0.3) is 5.91 Å². The van der Waals surface area contributed by atoms with Gasteiger partial charge in [0, 0.05) is 28.1 Å². The number of alkyl halides is 1. The predicted octanol–water partition coefficient (Wildman–Crippen LogP) is 4.26. The zero-order chi connectivity index (χ0) is 14.7. The van der Waals surface area contributed by atoms with E-state index in [2.05, 4.69) is 15.3 Å². The van der Waals surface area contributed by atoms with Crippen LogP contribution in [0, 0.1) is 0 Å². The second kappa shape index (κ2) is 6.34. The molecule has 1 amide bonds. The van der Waals surface area contributed by atoms with E-state index in [-0.39, 0.29) is 5.91 Å². The van der Waals surface area contributed by atoms with Crippen LogP contribution in [0.1, 0.15) is 16.1 Å². The van der Waals surface area contributed by atoms with Crippen molar-refractivity contribution in [2.45, 2.75) is 5.88 Å². The summed E-state index contributed by atoms with van der Waals surface area (Å²) in [5, 5.41) is 7.99. The quantitative estimate of drug-likeness (QED) is 0.725. The maximum absolute atomic E-state index is 12.0. The number of rotatable bonds is 4. The molecule has 0 saturated carbocycles. The molecule has 2 heterocycles. The minimum absolute atomic E-state index is 0.169. The number of nitrogens with one attached hydrogen (secondary N) is 1. The fourth-order valence-corrected chi connectivity index (χ4v) is 3.30. The van der Waals surface area contributed by atoms with Gasteiger partial charge in [-0.2, -0.15) is 0 Å². The first kappa shape index (κ1) is 14.2. The number of carbonyl (C=O) groups is 1. The van der Waals surface area contributed by atoms with Crippen LogP contribution in [0.15, 0.2) is 41.2 Å². The topological polar surface area (TPSA) is 54.9 Å². The van der Waals surface area contributed by atoms with Crippen LogP contribution in [0.2, 0.25) is 0 Å². The molecule has 0 bridgehead atoms. The standard InChI is InChI=1S/C14H10ClN3OS2/c15-7-11-8-21-13(17-11)10-3-1-9(2-4-10)12(19)18-14-16-5-6-20-14/h1-6,8H,7H2,(H,16,18,19). The lowest BCUT2D eigenvalue weighted by atomic mass is 10.1. The summed E-state index contributed by atoms with van der Waals surface area (Å²) in [6.45, 7) is 0. The van der Waals surface area contributed by atoms with E-state index >= 15 is 0 Å². The number of halogens is 1. The van der Waals surface area contributed by atoms with Crippen molar-refractivity contribution in [3.05, 3.63) is 52.5 Å². The molecule has 3 rings (SSSR count). The average Bonchev–Trinajstić information content (AvgIpc) is 3.18. The number of anilines is 1. The Morgan fingerprint density at radius 3 is 2.67 bits per heavy atom. The molecule has 3 aromatic rings. The normalized spacial score (nSPS) is 10.5.